The Bertz CT molecular complexity index is 2270. The summed E-state index contributed by atoms with van der Waals surface area (Å²) in [5, 5.41) is 7.26. The van der Waals surface area contributed by atoms with Gasteiger partial charge < -0.3 is 9.30 Å². The van der Waals surface area contributed by atoms with Gasteiger partial charge in [0.2, 0.25) is 0 Å². The van der Waals surface area contributed by atoms with E-state index in [0.29, 0.717) is 17.4 Å². The molecule has 268 valence electrons. The van der Waals surface area contributed by atoms with Crippen LogP contribution in [0.5, 0.6) is 11.5 Å². The topological polar surface area (TPSA) is 44.9 Å². The first-order valence-corrected chi connectivity index (χ1v) is 18.7. The van der Waals surface area contributed by atoms with Crippen LogP contribution in [-0.4, -0.2) is 19.3 Å². The van der Waals surface area contributed by atoms with E-state index in [1.54, 1.807) is 0 Å². The second-order valence-corrected chi connectivity index (χ2v) is 13.9. The van der Waals surface area contributed by atoms with Crippen LogP contribution in [0.1, 0.15) is 94.1 Å². The molecule has 0 bridgehead atoms. The van der Waals surface area contributed by atoms with Gasteiger partial charge in [-0.05, 0) is 85.0 Å². The third-order valence-electron chi connectivity index (χ3n) is 10.1. The Morgan fingerprint density at radius 3 is 2.37 bits per heavy atom. The fraction of sp³-hybridized carbons (Fsp3) is 0.304. The van der Waals surface area contributed by atoms with E-state index in [2.05, 4.69) is 112 Å². The Hall–Kier alpha value is -4.47. The van der Waals surface area contributed by atoms with Gasteiger partial charge in [-0.1, -0.05) is 101 Å². The van der Waals surface area contributed by atoms with Crippen LogP contribution in [0.15, 0.2) is 97.2 Å². The number of aromatic nitrogens is 4. The zero-order chi connectivity index (χ0) is 35.3. The molecule has 5 nitrogen and oxygen atoms in total. The van der Waals surface area contributed by atoms with E-state index in [1.165, 1.54) is 61.5 Å². The van der Waals surface area contributed by atoms with E-state index in [1.807, 2.05) is 41.2 Å². The standard InChI is InChI=1S/C46H48N4O.Pt/c1-6-8-11-16-32(3)37-22-25-43-42(29-37)41-24-23-40(31-44(41)49(43)45-28-35(26-27-47-45)17-12-9-7-2)51-39-21-15-20-38(30-39)50-34(5)46(33(4)48-50)36-18-13-10-14-19-36;/h10,13-15,18-29,32H,6-9,11-12,16-17H2,1-5H3;/q-2;+2. The molecule has 0 fully saturated rings. The summed E-state index contributed by atoms with van der Waals surface area (Å²) >= 11 is 0. The molecule has 3 aromatic heterocycles. The summed E-state index contributed by atoms with van der Waals surface area (Å²) in [6.45, 7) is 11.0. The first-order chi connectivity index (χ1) is 24.9. The van der Waals surface area contributed by atoms with Crippen molar-refractivity contribution in [2.24, 2.45) is 0 Å². The number of pyridine rings is 1. The predicted molar refractivity (Wildman–Crippen MR) is 211 cm³/mol. The van der Waals surface area contributed by atoms with Crippen molar-refractivity contribution in [1.82, 2.24) is 19.3 Å². The molecule has 7 rings (SSSR count). The maximum atomic E-state index is 6.52. The van der Waals surface area contributed by atoms with Crippen LogP contribution >= 0.6 is 0 Å². The van der Waals surface area contributed by atoms with Crippen LogP contribution < -0.4 is 4.74 Å². The van der Waals surface area contributed by atoms with Crippen LogP contribution in [0, 0.1) is 26.0 Å². The van der Waals surface area contributed by atoms with Crippen molar-refractivity contribution in [3.8, 4) is 34.1 Å². The molecule has 0 amide bonds. The second kappa shape index (κ2) is 16.9. The largest absolute Gasteiger partial charge is 2.00 e. The summed E-state index contributed by atoms with van der Waals surface area (Å²) in [5.41, 5.74) is 9.95. The smallest absolute Gasteiger partial charge is 0.509 e. The van der Waals surface area contributed by atoms with Crippen molar-refractivity contribution in [3.05, 3.63) is 132 Å². The fourth-order valence-corrected chi connectivity index (χ4v) is 7.37. The molecule has 0 aliphatic rings. The van der Waals surface area contributed by atoms with Crippen LogP contribution in [0.2, 0.25) is 0 Å². The molecular weight excluding hydrogens is 820 g/mol. The van der Waals surface area contributed by atoms with E-state index in [0.717, 1.165) is 56.9 Å². The molecule has 6 heteroatoms. The van der Waals surface area contributed by atoms with E-state index in [9.17, 15) is 0 Å². The number of hydrogen-bond acceptors (Lipinski definition) is 3. The molecule has 0 N–H and O–H groups in total. The molecule has 0 spiro atoms. The molecule has 3 heterocycles. The predicted octanol–water partition coefficient (Wildman–Crippen LogP) is 12.5. The van der Waals surface area contributed by atoms with Crippen molar-refractivity contribution in [3.63, 3.8) is 0 Å². The molecule has 1 unspecified atom stereocenters. The summed E-state index contributed by atoms with van der Waals surface area (Å²) in [7, 11) is 0. The van der Waals surface area contributed by atoms with Crippen LogP contribution in [-0.2, 0) is 27.5 Å². The Labute approximate surface area is 323 Å². The van der Waals surface area contributed by atoms with Gasteiger partial charge in [0.25, 0.3) is 0 Å². The first kappa shape index (κ1) is 37.3. The zero-order valence-electron chi connectivity index (χ0n) is 31.0. The van der Waals surface area contributed by atoms with Crippen molar-refractivity contribution >= 4 is 21.8 Å². The molecule has 7 aromatic rings. The number of aryl methyl sites for hydroxylation is 2. The molecular formula is C46H48N4OPt. The summed E-state index contributed by atoms with van der Waals surface area (Å²) in [6.07, 6.45) is 11.6. The summed E-state index contributed by atoms with van der Waals surface area (Å²) in [5.74, 6) is 2.65. The third-order valence-corrected chi connectivity index (χ3v) is 10.1. The summed E-state index contributed by atoms with van der Waals surface area (Å²) in [6, 6.07) is 39.1. The Morgan fingerprint density at radius 2 is 1.56 bits per heavy atom. The Balaban J connectivity index is 0.00000464. The number of unbranched alkanes of at least 4 members (excludes halogenated alkanes) is 4. The van der Waals surface area contributed by atoms with Crippen LogP contribution in [0.4, 0.5) is 0 Å². The Kier molecular flexibility index (Phi) is 12.1. The number of rotatable bonds is 14. The van der Waals surface area contributed by atoms with Gasteiger partial charge in [-0.3, -0.25) is 4.68 Å². The number of ether oxygens (including phenoxy) is 1. The van der Waals surface area contributed by atoms with Gasteiger partial charge in [0.05, 0.1) is 5.69 Å². The number of fused-ring (bicyclic) bond motifs is 3. The normalized spacial score (nSPS) is 11.9. The van der Waals surface area contributed by atoms with Gasteiger partial charge in [-0.2, -0.15) is 17.2 Å². The molecule has 0 radical (unpaired) electrons. The molecule has 52 heavy (non-hydrogen) atoms. The van der Waals surface area contributed by atoms with E-state index in [4.69, 9.17) is 14.8 Å². The fourth-order valence-electron chi connectivity index (χ4n) is 7.37. The molecule has 0 aliphatic carbocycles. The minimum Gasteiger partial charge on any atom is -0.509 e. The quantitative estimate of drug-likeness (QED) is 0.0808. The maximum Gasteiger partial charge on any atom is 2.00 e. The average Bonchev–Trinajstić information content (AvgIpc) is 3.64. The third kappa shape index (κ3) is 7.81. The van der Waals surface area contributed by atoms with E-state index < -0.39 is 0 Å². The van der Waals surface area contributed by atoms with Gasteiger partial charge in [-0.25, -0.2) is 4.98 Å². The average molecular weight is 868 g/mol. The molecule has 1 atom stereocenters. The van der Waals surface area contributed by atoms with Crippen molar-refractivity contribution in [2.45, 2.75) is 91.9 Å². The van der Waals surface area contributed by atoms with Crippen molar-refractivity contribution in [1.29, 1.82) is 0 Å². The minimum absolute atomic E-state index is 0. The number of hydrogen-bond donors (Lipinski definition) is 0. The maximum absolute atomic E-state index is 6.52. The first-order valence-electron chi connectivity index (χ1n) is 18.7. The van der Waals surface area contributed by atoms with Crippen molar-refractivity contribution in [2.75, 3.05) is 0 Å². The molecule has 0 aliphatic heterocycles. The van der Waals surface area contributed by atoms with E-state index in [-0.39, 0.29) is 21.1 Å². The molecule has 0 saturated carbocycles. The molecule has 4 aromatic carbocycles. The minimum atomic E-state index is 0. The van der Waals surface area contributed by atoms with Crippen LogP contribution in [0.3, 0.4) is 0 Å². The second-order valence-electron chi connectivity index (χ2n) is 13.9. The SMILES string of the molecule is CCCCCc1ccnc(-n2c3[c-]c(Oc4[c-]c(-n5nc(C)c(-c6ccccc6)c5C)ccc4)ccc3c3cc(C(C)CCCCC)ccc32)c1.[Pt+2]. The van der Waals surface area contributed by atoms with Gasteiger partial charge in [-0.15, -0.1) is 35.7 Å². The monoisotopic (exact) mass is 867 g/mol. The van der Waals surface area contributed by atoms with Gasteiger partial charge in [0, 0.05) is 34.5 Å². The van der Waals surface area contributed by atoms with Crippen LogP contribution in [0.25, 0.3) is 44.4 Å². The number of benzene rings is 4. The summed E-state index contributed by atoms with van der Waals surface area (Å²) in [4.78, 5) is 4.90. The number of nitrogens with zero attached hydrogens (tertiary/aromatic N) is 4. The van der Waals surface area contributed by atoms with Gasteiger partial charge in [0.15, 0.2) is 0 Å². The van der Waals surface area contributed by atoms with Gasteiger partial charge >= 0.3 is 21.1 Å². The van der Waals surface area contributed by atoms with E-state index >= 15 is 0 Å². The Morgan fingerprint density at radius 1 is 0.769 bits per heavy atom. The molecule has 0 saturated heterocycles. The van der Waals surface area contributed by atoms with Gasteiger partial charge in [0.1, 0.15) is 5.82 Å². The zero-order valence-corrected chi connectivity index (χ0v) is 33.3. The summed E-state index contributed by atoms with van der Waals surface area (Å²) < 4.78 is 10.7. The van der Waals surface area contributed by atoms with Crippen molar-refractivity contribution < 1.29 is 25.8 Å².